The van der Waals surface area contributed by atoms with Gasteiger partial charge in [0.25, 0.3) is 5.91 Å². The maximum absolute atomic E-state index is 12.2. The number of hydrogen-bond acceptors (Lipinski definition) is 5. The Kier molecular flexibility index (Phi) is 5.71. The van der Waals surface area contributed by atoms with Crippen LogP contribution in [0.1, 0.15) is 30.1 Å². The standard InChI is InChI=1S/C16H21ClN2O4/c1-10-4-3-5-19(8-10)15(20)9-23-16(21)11-6-12(17)13(18)7-14(11)22-2/h6-7,10H,3-5,8-9,18H2,1-2H3. The number of rotatable bonds is 4. The lowest BCUT2D eigenvalue weighted by Crippen LogP contribution is -2.41. The van der Waals surface area contributed by atoms with Crippen LogP contribution in [0, 0.1) is 5.92 Å². The number of nitrogens with zero attached hydrogens (tertiary/aromatic N) is 1. The lowest BCUT2D eigenvalue weighted by molar-refractivity contribution is -0.136. The summed E-state index contributed by atoms with van der Waals surface area (Å²) in [6.45, 7) is 3.22. The molecule has 126 valence electrons. The zero-order valence-corrected chi connectivity index (χ0v) is 14.1. The number of piperidine rings is 1. The van der Waals surface area contributed by atoms with Crippen molar-refractivity contribution in [2.45, 2.75) is 19.8 Å². The summed E-state index contributed by atoms with van der Waals surface area (Å²) in [7, 11) is 1.42. The van der Waals surface area contributed by atoms with Crippen LogP contribution in [0.25, 0.3) is 0 Å². The number of carbonyl (C=O) groups is 2. The SMILES string of the molecule is COc1cc(N)c(Cl)cc1C(=O)OCC(=O)N1CCCC(C)C1. The molecule has 23 heavy (non-hydrogen) atoms. The topological polar surface area (TPSA) is 81.9 Å². The number of esters is 1. The molecule has 1 unspecified atom stereocenters. The molecule has 1 aliphatic rings. The zero-order chi connectivity index (χ0) is 17.0. The molecule has 2 N–H and O–H groups in total. The number of halogens is 1. The van der Waals surface area contributed by atoms with Crippen LogP contribution in [0.3, 0.4) is 0 Å². The fourth-order valence-corrected chi connectivity index (χ4v) is 2.77. The molecule has 0 saturated carbocycles. The van der Waals surface area contributed by atoms with Gasteiger partial charge < -0.3 is 20.1 Å². The van der Waals surface area contributed by atoms with Gasteiger partial charge in [0.2, 0.25) is 0 Å². The van der Waals surface area contributed by atoms with Crippen molar-refractivity contribution in [3.05, 3.63) is 22.7 Å². The quantitative estimate of drug-likeness (QED) is 0.672. The first kappa shape index (κ1) is 17.4. The highest BCUT2D eigenvalue weighted by Gasteiger charge is 2.23. The Labute approximate surface area is 140 Å². The van der Waals surface area contributed by atoms with Crippen LogP contribution in [0.4, 0.5) is 5.69 Å². The van der Waals surface area contributed by atoms with Gasteiger partial charge in [-0.2, -0.15) is 0 Å². The molecule has 1 saturated heterocycles. The number of benzene rings is 1. The minimum Gasteiger partial charge on any atom is -0.496 e. The molecule has 2 rings (SSSR count). The monoisotopic (exact) mass is 340 g/mol. The predicted molar refractivity (Wildman–Crippen MR) is 87.7 cm³/mol. The highest BCUT2D eigenvalue weighted by molar-refractivity contribution is 6.33. The summed E-state index contributed by atoms with van der Waals surface area (Å²) in [6.07, 6.45) is 2.09. The van der Waals surface area contributed by atoms with Gasteiger partial charge in [0.05, 0.1) is 17.8 Å². The van der Waals surface area contributed by atoms with Crippen LogP contribution in [-0.2, 0) is 9.53 Å². The number of ether oxygens (including phenoxy) is 2. The van der Waals surface area contributed by atoms with E-state index in [1.165, 1.54) is 19.2 Å². The number of amides is 1. The summed E-state index contributed by atoms with van der Waals surface area (Å²) in [6, 6.07) is 2.83. The van der Waals surface area contributed by atoms with Crippen LogP contribution in [-0.4, -0.2) is 43.6 Å². The van der Waals surface area contributed by atoms with E-state index in [2.05, 4.69) is 6.92 Å². The average Bonchev–Trinajstić information content (AvgIpc) is 2.54. The van der Waals surface area contributed by atoms with E-state index in [-0.39, 0.29) is 28.8 Å². The fraction of sp³-hybridized carbons (Fsp3) is 0.500. The molecule has 1 amide bonds. The Morgan fingerprint density at radius 2 is 2.17 bits per heavy atom. The second-order valence-corrected chi connectivity index (χ2v) is 6.14. The molecule has 0 spiro atoms. The molecule has 6 nitrogen and oxygen atoms in total. The third-order valence-corrected chi connectivity index (χ3v) is 4.20. The van der Waals surface area contributed by atoms with Gasteiger partial charge in [-0.15, -0.1) is 0 Å². The fourth-order valence-electron chi connectivity index (χ4n) is 2.61. The molecular formula is C16H21ClN2O4. The Balaban J connectivity index is 1.99. The van der Waals surface area contributed by atoms with Crippen molar-refractivity contribution in [3.63, 3.8) is 0 Å². The summed E-state index contributed by atoms with van der Waals surface area (Å²) in [5.41, 5.74) is 6.12. The maximum atomic E-state index is 12.2. The van der Waals surface area contributed by atoms with E-state index in [1.807, 2.05) is 0 Å². The van der Waals surface area contributed by atoms with Crippen molar-refractivity contribution >= 4 is 29.2 Å². The number of nitrogen functional groups attached to an aromatic ring is 1. The van der Waals surface area contributed by atoms with Gasteiger partial charge in [0, 0.05) is 19.2 Å². The number of methoxy groups -OCH3 is 1. The number of hydrogen-bond donors (Lipinski definition) is 1. The van der Waals surface area contributed by atoms with E-state index in [0.29, 0.717) is 24.7 Å². The van der Waals surface area contributed by atoms with Gasteiger partial charge in [-0.05, 0) is 24.8 Å². The Morgan fingerprint density at radius 3 is 2.83 bits per heavy atom. The summed E-state index contributed by atoms with van der Waals surface area (Å²) >= 11 is 5.92. The van der Waals surface area contributed by atoms with Crippen molar-refractivity contribution in [1.82, 2.24) is 4.90 Å². The molecule has 1 fully saturated rings. The highest BCUT2D eigenvalue weighted by atomic mass is 35.5. The maximum Gasteiger partial charge on any atom is 0.342 e. The molecule has 1 aromatic carbocycles. The molecule has 7 heteroatoms. The molecule has 0 aromatic heterocycles. The van der Waals surface area contributed by atoms with Gasteiger partial charge in [-0.25, -0.2) is 4.79 Å². The van der Waals surface area contributed by atoms with Crippen molar-refractivity contribution in [3.8, 4) is 5.75 Å². The molecule has 0 bridgehead atoms. The second kappa shape index (κ2) is 7.55. The van der Waals surface area contributed by atoms with Crippen molar-refractivity contribution < 1.29 is 19.1 Å². The van der Waals surface area contributed by atoms with Crippen molar-refractivity contribution in [1.29, 1.82) is 0 Å². The first-order valence-electron chi connectivity index (χ1n) is 7.50. The summed E-state index contributed by atoms with van der Waals surface area (Å²) < 4.78 is 10.2. The van der Waals surface area contributed by atoms with Crippen LogP contribution < -0.4 is 10.5 Å². The largest absolute Gasteiger partial charge is 0.496 e. The molecular weight excluding hydrogens is 320 g/mol. The van der Waals surface area contributed by atoms with Crippen molar-refractivity contribution in [2.75, 3.05) is 32.5 Å². The zero-order valence-electron chi connectivity index (χ0n) is 13.3. The Morgan fingerprint density at radius 1 is 1.43 bits per heavy atom. The third-order valence-electron chi connectivity index (χ3n) is 3.88. The first-order valence-corrected chi connectivity index (χ1v) is 7.88. The van der Waals surface area contributed by atoms with E-state index in [9.17, 15) is 9.59 Å². The van der Waals surface area contributed by atoms with Crippen LogP contribution >= 0.6 is 11.6 Å². The van der Waals surface area contributed by atoms with E-state index in [1.54, 1.807) is 4.90 Å². The minimum atomic E-state index is -0.665. The molecule has 1 heterocycles. The van der Waals surface area contributed by atoms with Crippen LogP contribution in [0.5, 0.6) is 5.75 Å². The van der Waals surface area contributed by atoms with E-state index in [4.69, 9.17) is 26.8 Å². The first-order chi connectivity index (χ1) is 10.9. The predicted octanol–water partition coefficient (Wildman–Crippen LogP) is 2.35. The van der Waals surface area contributed by atoms with E-state index in [0.717, 1.165) is 12.8 Å². The molecule has 0 aliphatic carbocycles. The number of likely N-dealkylation sites (tertiary alicyclic amines) is 1. The summed E-state index contributed by atoms with van der Waals surface area (Å²) in [4.78, 5) is 26.0. The number of anilines is 1. The van der Waals surface area contributed by atoms with Crippen LogP contribution in [0.15, 0.2) is 12.1 Å². The van der Waals surface area contributed by atoms with Gasteiger partial charge >= 0.3 is 5.97 Å². The number of carbonyl (C=O) groups excluding carboxylic acids is 2. The Bertz CT molecular complexity index is 606. The molecule has 1 aromatic rings. The number of nitrogens with two attached hydrogens (primary N) is 1. The van der Waals surface area contributed by atoms with E-state index < -0.39 is 5.97 Å². The third kappa shape index (κ3) is 4.28. The van der Waals surface area contributed by atoms with Gasteiger partial charge in [-0.3, -0.25) is 4.79 Å². The lowest BCUT2D eigenvalue weighted by atomic mass is 10.0. The minimum absolute atomic E-state index is 0.145. The summed E-state index contributed by atoms with van der Waals surface area (Å²) in [5, 5.41) is 0.230. The Hall–Kier alpha value is -1.95. The highest BCUT2D eigenvalue weighted by Crippen LogP contribution is 2.29. The lowest BCUT2D eigenvalue weighted by Gasteiger charge is -2.30. The van der Waals surface area contributed by atoms with Gasteiger partial charge in [-0.1, -0.05) is 18.5 Å². The molecule has 1 aliphatic heterocycles. The van der Waals surface area contributed by atoms with Gasteiger partial charge in [0.15, 0.2) is 6.61 Å². The summed E-state index contributed by atoms with van der Waals surface area (Å²) in [5.74, 6) is -0.122. The second-order valence-electron chi connectivity index (χ2n) is 5.74. The van der Waals surface area contributed by atoms with Crippen molar-refractivity contribution in [2.24, 2.45) is 5.92 Å². The van der Waals surface area contributed by atoms with Gasteiger partial charge in [0.1, 0.15) is 11.3 Å². The molecule has 0 radical (unpaired) electrons. The average molecular weight is 341 g/mol. The normalized spacial score (nSPS) is 17.7. The van der Waals surface area contributed by atoms with Crippen LogP contribution in [0.2, 0.25) is 5.02 Å². The molecule has 1 atom stereocenters. The van der Waals surface area contributed by atoms with E-state index >= 15 is 0 Å². The smallest absolute Gasteiger partial charge is 0.342 e.